The zero-order chi connectivity index (χ0) is 19.7. The number of nitrogens with zero attached hydrogens (tertiary/aromatic N) is 1. The van der Waals surface area contributed by atoms with Crippen molar-refractivity contribution in [2.75, 3.05) is 11.9 Å². The van der Waals surface area contributed by atoms with E-state index in [4.69, 9.17) is 4.42 Å². The number of aryl methyl sites for hydroxylation is 1. The lowest BCUT2D eigenvalue weighted by atomic mass is 10.2. The van der Waals surface area contributed by atoms with E-state index in [1.165, 1.54) is 12.1 Å². The number of rotatable bonds is 6. The van der Waals surface area contributed by atoms with Gasteiger partial charge in [-0.2, -0.15) is 0 Å². The Bertz CT molecular complexity index is 1140. The van der Waals surface area contributed by atoms with Crippen molar-refractivity contribution in [2.24, 2.45) is 0 Å². The van der Waals surface area contributed by atoms with Crippen LogP contribution in [0, 0.1) is 6.92 Å². The first kappa shape index (κ1) is 18.4. The Labute approximate surface area is 162 Å². The van der Waals surface area contributed by atoms with Gasteiger partial charge in [0, 0.05) is 24.2 Å². The summed E-state index contributed by atoms with van der Waals surface area (Å²) in [5.41, 5.74) is 2.94. The lowest BCUT2D eigenvalue weighted by molar-refractivity contribution is -0.115. The summed E-state index contributed by atoms with van der Waals surface area (Å²) in [5, 5.41) is 2.69. The molecule has 0 aliphatic carbocycles. The molecule has 0 atom stereocenters. The van der Waals surface area contributed by atoms with Crippen molar-refractivity contribution in [1.82, 2.24) is 9.71 Å². The number of aromatic nitrogens is 1. The zero-order valence-electron chi connectivity index (χ0n) is 15.2. The Morgan fingerprint density at radius 1 is 1.18 bits per heavy atom. The van der Waals surface area contributed by atoms with Crippen LogP contribution in [0.3, 0.4) is 0 Å². The number of oxazole rings is 1. The zero-order valence-corrected chi connectivity index (χ0v) is 16.0. The van der Waals surface area contributed by atoms with E-state index in [9.17, 15) is 13.2 Å². The molecule has 1 aliphatic rings. The largest absolute Gasteiger partial charge is 0.441 e. The topological polar surface area (TPSA) is 101 Å². The number of hydrogen-bond acceptors (Lipinski definition) is 5. The molecular formula is C20H19N3O4S. The molecule has 2 N–H and O–H groups in total. The molecule has 8 heteroatoms. The Kier molecular flexibility index (Phi) is 4.74. The van der Waals surface area contributed by atoms with E-state index in [-0.39, 0.29) is 23.8 Å². The van der Waals surface area contributed by atoms with Crippen molar-refractivity contribution in [2.45, 2.75) is 24.7 Å². The average molecular weight is 397 g/mol. The van der Waals surface area contributed by atoms with Crippen molar-refractivity contribution in [3.05, 3.63) is 65.5 Å². The van der Waals surface area contributed by atoms with Crippen LogP contribution in [0.25, 0.3) is 11.5 Å². The summed E-state index contributed by atoms with van der Waals surface area (Å²) in [4.78, 5) is 16.1. The highest BCUT2D eigenvalue weighted by molar-refractivity contribution is 7.89. The normalized spacial score (nSPS) is 13.4. The fourth-order valence-corrected chi connectivity index (χ4v) is 4.21. The van der Waals surface area contributed by atoms with Gasteiger partial charge in [-0.15, -0.1) is 0 Å². The molecule has 0 radical (unpaired) electrons. The Morgan fingerprint density at radius 3 is 2.75 bits per heavy atom. The van der Waals surface area contributed by atoms with E-state index in [2.05, 4.69) is 15.0 Å². The number of sulfonamides is 1. The molecule has 0 fully saturated rings. The fraction of sp³-hybridized carbons (Fsp3) is 0.200. The lowest BCUT2D eigenvalue weighted by Crippen LogP contribution is -2.26. The molecule has 28 heavy (non-hydrogen) atoms. The van der Waals surface area contributed by atoms with Crippen LogP contribution in [0.5, 0.6) is 0 Å². The second kappa shape index (κ2) is 7.21. The number of nitrogens with one attached hydrogen (secondary N) is 2. The van der Waals surface area contributed by atoms with E-state index in [0.717, 1.165) is 5.56 Å². The molecule has 144 valence electrons. The Morgan fingerprint density at radius 2 is 1.96 bits per heavy atom. The molecule has 0 bridgehead atoms. The lowest BCUT2D eigenvalue weighted by Gasteiger charge is -2.07. The van der Waals surface area contributed by atoms with Crippen molar-refractivity contribution in [3.8, 4) is 11.5 Å². The van der Waals surface area contributed by atoms with Crippen molar-refractivity contribution < 1.29 is 17.6 Å². The third-order valence-electron chi connectivity index (χ3n) is 4.58. The van der Waals surface area contributed by atoms with Gasteiger partial charge in [0.15, 0.2) is 0 Å². The quantitative estimate of drug-likeness (QED) is 0.666. The summed E-state index contributed by atoms with van der Waals surface area (Å²) < 4.78 is 33.4. The molecular weight excluding hydrogens is 378 g/mol. The average Bonchev–Trinajstić information content (AvgIpc) is 3.23. The number of fused-ring (bicyclic) bond motifs is 1. The molecule has 3 aromatic rings. The van der Waals surface area contributed by atoms with Crippen molar-refractivity contribution in [3.63, 3.8) is 0 Å². The summed E-state index contributed by atoms with van der Waals surface area (Å²) in [5.74, 6) is 1.06. The van der Waals surface area contributed by atoms with Crippen LogP contribution < -0.4 is 10.0 Å². The molecule has 0 unspecified atom stereocenters. The summed E-state index contributed by atoms with van der Waals surface area (Å²) in [6.45, 7) is 2.01. The molecule has 4 rings (SSSR count). The number of hydrogen-bond donors (Lipinski definition) is 2. The summed E-state index contributed by atoms with van der Waals surface area (Å²) in [6, 6.07) is 14.2. The Balaban J connectivity index is 1.43. The van der Waals surface area contributed by atoms with Crippen LogP contribution in [0.1, 0.15) is 17.0 Å². The van der Waals surface area contributed by atoms with Crippen LogP contribution in [0.4, 0.5) is 5.69 Å². The Hall–Kier alpha value is -2.97. The predicted octanol–water partition coefficient (Wildman–Crippen LogP) is 2.67. The molecule has 0 saturated carbocycles. The molecule has 0 saturated heterocycles. The van der Waals surface area contributed by atoms with E-state index in [1.807, 2.05) is 37.3 Å². The van der Waals surface area contributed by atoms with Gasteiger partial charge in [0.25, 0.3) is 0 Å². The minimum absolute atomic E-state index is 0.131. The minimum Gasteiger partial charge on any atom is -0.441 e. The van der Waals surface area contributed by atoms with Gasteiger partial charge in [-0.3, -0.25) is 4.79 Å². The summed E-state index contributed by atoms with van der Waals surface area (Å²) >= 11 is 0. The molecule has 7 nitrogen and oxygen atoms in total. The minimum atomic E-state index is -3.68. The smallest absolute Gasteiger partial charge is 0.240 e. The van der Waals surface area contributed by atoms with Gasteiger partial charge in [0.05, 0.1) is 17.0 Å². The van der Waals surface area contributed by atoms with Gasteiger partial charge in [-0.05, 0) is 42.8 Å². The van der Waals surface area contributed by atoms with Crippen molar-refractivity contribution >= 4 is 21.6 Å². The van der Waals surface area contributed by atoms with Gasteiger partial charge in [-0.1, -0.05) is 18.2 Å². The van der Waals surface area contributed by atoms with Gasteiger partial charge >= 0.3 is 0 Å². The first-order valence-electron chi connectivity index (χ1n) is 8.86. The van der Waals surface area contributed by atoms with E-state index in [0.29, 0.717) is 35.0 Å². The van der Waals surface area contributed by atoms with Gasteiger partial charge in [0.2, 0.25) is 21.8 Å². The van der Waals surface area contributed by atoms with Gasteiger partial charge < -0.3 is 9.73 Å². The number of carbonyl (C=O) groups excluding carboxylic acids is 1. The van der Waals surface area contributed by atoms with Crippen LogP contribution in [0.2, 0.25) is 0 Å². The standard InChI is InChI=1S/C20H19N3O4S/c1-13-17(23-20(27-13)14-5-3-2-4-6-14)9-10-21-28(25,26)16-7-8-18-15(11-16)12-19(24)22-18/h2-8,11,21H,9-10,12H2,1H3,(H,22,24). The van der Waals surface area contributed by atoms with Crippen LogP contribution in [-0.2, 0) is 27.7 Å². The van der Waals surface area contributed by atoms with Crippen molar-refractivity contribution in [1.29, 1.82) is 0 Å². The fourth-order valence-electron chi connectivity index (χ4n) is 3.12. The maximum Gasteiger partial charge on any atom is 0.240 e. The molecule has 1 aromatic heterocycles. The molecule has 0 spiro atoms. The SMILES string of the molecule is Cc1oc(-c2ccccc2)nc1CCNS(=O)(=O)c1ccc2c(c1)CC(=O)N2. The summed E-state index contributed by atoms with van der Waals surface area (Å²) in [6.07, 6.45) is 0.603. The summed E-state index contributed by atoms with van der Waals surface area (Å²) in [7, 11) is -3.68. The molecule has 2 heterocycles. The molecule has 1 aliphatic heterocycles. The second-order valence-corrected chi connectivity index (χ2v) is 8.35. The second-order valence-electron chi connectivity index (χ2n) is 6.58. The first-order chi connectivity index (χ1) is 13.4. The van der Waals surface area contributed by atoms with Gasteiger partial charge in [0.1, 0.15) is 5.76 Å². The predicted molar refractivity (Wildman–Crippen MR) is 104 cm³/mol. The highest BCUT2D eigenvalue weighted by atomic mass is 32.2. The highest BCUT2D eigenvalue weighted by Gasteiger charge is 2.22. The van der Waals surface area contributed by atoms with E-state index >= 15 is 0 Å². The number of benzene rings is 2. The number of carbonyl (C=O) groups is 1. The highest BCUT2D eigenvalue weighted by Crippen LogP contribution is 2.26. The first-order valence-corrected chi connectivity index (χ1v) is 10.3. The van der Waals surface area contributed by atoms with Crippen LogP contribution in [-0.4, -0.2) is 25.9 Å². The third kappa shape index (κ3) is 3.69. The van der Waals surface area contributed by atoms with E-state index < -0.39 is 10.0 Å². The molecule has 2 aromatic carbocycles. The maximum atomic E-state index is 12.6. The maximum absolute atomic E-state index is 12.6. The number of amides is 1. The van der Waals surface area contributed by atoms with Crippen LogP contribution >= 0.6 is 0 Å². The van der Waals surface area contributed by atoms with Crippen LogP contribution in [0.15, 0.2) is 57.8 Å². The van der Waals surface area contributed by atoms with Gasteiger partial charge in [-0.25, -0.2) is 18.1 Å². The third-order valence-corrected chi connectivity index (χ3v) is 6.04. The van der Waals surface area contributed by atoms with E-state index in [1.54, 1.807) is 6.07 Å². The number of anilines is 1. The monoisotopic (exact) mass is 397 g/mol. The molecule has 1 amide bonds.